The number of hydrogen-bond acceptors (Lipinski definition) is 8. The molecule has 3 rings (SSSR count). The predicted molar refractivity (Wildman–Crippen MR) is 142 cm³/mol. The maximum Gasteiger partial charge on any atom is 0.294 e. The van der Waals surface area contributed by atoms with Crippen molar-refractivity contribution in [1.82, 2.24) is 14.9 Å². The number of ketones is 1. The van der Waals surface area contributed by atoms with Gasteiger partial charge in [0.25, 0.3) is 5.56 Å². The maximum atomic E-state index is 13.0. The van der Waals surface area contributed by atoms with E-state index in [9.17, 15) is 14.4 Å². The van der Waals surface area contributed by atoms with Crippen LogP contribution in [0.4, 0.5) is 5.82 Å². The fourth-order valence-electron chi connectivity index (χ4n) is 3.60. The van der Waals surface area contributed by atoms with Crippen molar-refractivity contribution in [3.63, 3.8) is 0 Å². The van der Waals surface area contributed by atoms with Crippen molar-refractivity contribution in [1.29, 1.82) is 0 Å². The lowest BCUT2D eigenvalue weighted by molar-refractivity contribution is -0.127. The fourth-order valence-corrected chi connectivity index (χ4v) is 4.45. The molecule has 0 saturated heterocycles. The Hall–Kier alpha value is -3.53. The highest BCUT2D eigenvalue weighted by Gasteiger charge is 2.23. The molecule has 1 amide bonds. The Morgan fingerprint density at radius 1 is 1.31 bits per heavy atom. The summed E-state index contributed by atoms with van der Waals surface area (Å²) in [7, 11) is 0. The average Bonchev–Trinajstić information content (AvgIpc) is 2.88. The number of amides is 1. The van der Waals surface area contributed by atoms with Crippen LogP contribution in [0.1, 0.15) is 26.3 Å². The summed E-state index contributed by atoms with van der Waals surface area (Å²) in [6, 6.07) is 6.63. The smallest absolute Gasteiger partial charge is 0.294 e. The van der Waals surface area contributed by atoms with Crippen molar-refractivity contribution in [2.45, 2.75) is 32.4 Å². The largest absolute Gasteiger partial charge is 0.486 e. The van der Waals surface area contributed by atoms with Gasteiger partial charge in [0, 0.05) is 18.1 Å². The van der Waals surface area contributed by atoms with Crippen molar-refractivity contribution >= 4 is 29.3 Å². The fraction of sp³-hybridized carbons (Fsp3) is 0.385. The summed E-state index contributed by atoms with van der Waals surface area (Å²) in [4.78, 5) is 42.2. The molecule has 1 aromatic heterocycles. The number of para-hydroxylation sites is 2. The zero-order chi connectivity index (χ0) is 25.9. The van der Waals surface area contributed by atoms with Gasteiger partial charge in [0.2, 0.25) is 5.91 Å². The summed E-state index contributed by atoms with van der Waals surface area (Å²) in [6.45, 7) is 7.98. The van der Waals surface area contributed by atoms with Gasteiger partial charge in [0.1, 0.15) is 18.8 Å². The van der Waals surface area contributed by atoms with Gasteiger partial charge in [-0.2, -0.15) is 0 Å². The molecule has 0 saturated carbocycles. The number of anilines is 1. The Labute approximate surface area is 215 Å². The summed E-state index contributed by atoms with van der Waals surface area (Å²) in [5.74, 6) is 1.97. The quantitative estimate of drug-likeness (QED) is 0.394. The van der Waals surface area contributed by atoms with Gasteiger partial charge in [0.05, 0.1) is 18.8 Å². The number of carbonyl (C=O) groups excluding carboxylic acids is 2. The Morgan fingerprint density at radius 3 is 2.83 bits per heavy atom. The number of aromatic nitrogens is 2. The number of allylic oxidation sites excluding steroid dienone is 2. The number of Topliss-reactive ketones (excluding diaryl/α,β-unsaturated/α-hetero) is 1. The highest BCUT2D eigenvalue weighted by atomic mass is 32.2. The van der Waals surface area contributed by atoms with E-state index in [4.69, 9.17) is 9.47 Å². The molecule has 0 aliphatic carbocycles. The number of carbonyl (C=O) groups is 2. The molecular formula is C26H32N4O5S. The number of nitrogens with one attached hydrogen (secondary N) is 2. The molecule has 10 heteroatoms. The molecule has 36 heavy (non-hydrogen) atoms. The Balaban J connectivity index is 1.54. The normalized spacial score (nSPS) is 15.6. The molecule has 2 atom stereocenters. The third kappa shape index (κ3) is 7.48. The molecule has 1 aliphatic rings. The van der Waals surface area contributed by atoms with Crippen molar-refractivity contribution in [2.75, 3.05) is 36.5 Å². The molecule has 2 aromatic rings. The van der Waals surface area contributed by atoms with Crippen LogP contribution < -0.4 is 25.7 Å². The van der Waals surface area contributed by atoms with E-state index in [1.165, 1.54) is 28.7 Å². The van der Waals surface area contributed by atoms with Crippen LogP contribution in [0.25, 0.3) is 0 Å². The molecule has 2 unspecified atom stereocenters. The standard InChI is InChI=1S/C26H32N4O5S/c1-4-8-18(3)16-36-17-19(31)13-29-25(32)21(5-2)30-12-11-27-24(26(30)33)28-14-20-15-34-22-9-6-7-10-23(22)35-20/h4,6-12,20-21H,1,5,13-17H2,2-3H3,(H,27,28)(H,29,32)/b18-8+. The molecule has 9 nitrogen and oxygen atoms in total. The van der Waals surface area contributed by atoms with Gasteiger partial charge in [-0.1, -0.05) is 43.4 Å². The summed E-state index contributed by atoms with van der Waals surface area (Å²) >= 11 is 1.48. The lowest BCUT2D eigenvalue weighted by atomic mass is 10.2. The Kier molecular flexibility index (Phi) is 10.2. The van der Waals surface area contributed by atoms with Gasteiger partial charge in [-0.25, -0.2) is 4.98 Å². The third-order valence-electron chi connectivity index (χ3n) is 5.41. The minimum atomic E-state index is -0.764. The van der Waals surface area contributed by atoms with Gasteiger partial charge in [-0.3, -0.25) is 19.0 Å². The summed E-state index contributed by atoms with van der Waals surface area (Å²) in [5, 5.41) is 5.68. The molecule has 0 spiro atoms. The van der Waals surface area contributed by atoms with E-state index < -0.39 is 17.5 Å². The molecule has 1 aromatic carbocycles. The number of ether oxygens (including phenoxy) is 2. The summed E-state index contributed by atoms with van der Waals surface area (Å²) in [6.07, 6.45) is 6.62. The van der Waals surface area contributed by atoms with Crippen LogP contribution in [-0.2, 0) is 9.59 Å². The van der Waals surface area contributed by atoms with Crippen molar-refractivity contribution < 1.29 is 19.1 Å². The maximum absolute atomic E-state index is 13.0. The van der Waals surface area contributed by atoms with E-state index in [2.05, 4.69) is 22.2 Å². The van der Waals surface area contributed by atoms with E-state index >= 15 is 0 Å². The molecular weight excluding hydrogens is 480 g/mol. The summed E-state index contributed by atoms with van der Waals surface area (Å²) < 4.78 is 12.9. The van der Waals surface area contributed by atoms with E-state index in [0.29, 0.717) is 36.8 Å². The zero-order valence-corrected chi connectivity index (χ0v) is 21.4. The number of nitrogens with zero attached hydrogens (tertiary/aromatic N) is 2. The number of hydrogen-bond donors (Lipinski definition) is 2. The van der Waals surface area contributed by atoms with E-state index in [1.54, 1.807) is 13.0 Å². The van der Waals surface area contributed by atoms with Crippen LogP contribution in [-0.4, -0.2) is 58.5 Å². The lowest BCUT2D eigenvalue weighted by Crippen LogP contribution is -2.41. The predicted octanol–water partition coefficient (Wildman–Crippen LogP) is 3.00. The molecule has 0 radical (unpaired) electrons. The minimum absolute atomic E-state index is 0.0853. The van der Waals surface area contributed by atoms with Gasteiger partial charge >= 0.3 is 0 Å². The first-order valence-electron chi connectivity index (χ1n) is 11.8. The number of thioether (sulfide) groups is 1. The van der Waals surface area contributed by atoms with E-state index in [0.717, 1.165) is 11.3 Å². The molecule has 192 valence electrons. The van der Waals surface area contributed by atoms with Crippen LogP contribution >= 0.6 is 11.8 Å². The van der Waals surface area contributed by atoms with Gasteiger partial charge in [-0.15, -0.1) is 11.8 Å². The van der Waals surface area contributed by atoms with Crippen LogP contribution in [0.5, 0.6) is 11.5 Å². The topological polar surface area (TPSA) is 112 Å². The van der Waals surface area contributed by atoms with Crippen LogP contribution in [0.2, 0.25) is 0 Å². The highest BCUT2D eigenvalue weighted by molar-refractivity contribution is 8.00. The van der Waals surface area contributed by atoms with Gasteiger partial charge in [0.15, 0.2) is 23.1 Å². The van der Waals surface area contributed by atoms with Crippen LogP contribution in [0.15, 0.2) is 65.8 Å². The number of benzene rings is 1. The van der Waals surface area contributed by atoms with Gasteiger partial charge < -0.3 is 20.1 Å². The first-order chi connectivity index (χ1) is 17.4. The molecule has 2 N–H and O–H groups in total. The van der Waals surface area contributed by atoms with Crippen LogP contribution in [0, 0.1) is 0 Å². The molecule has 1 aliphatic heterocycles. The third-order valence-corrected chi connectivity index (χ3v) is 6.60. The second kappa shape index (κ2) is 13.5. The number of rotatable bonds is 13. The highest BCUT2D eigenvalue weighted by Crippen LogP contribution is 2.30. The summed E-state index contributed by atoms with van der Waals surface area (Å²) in [5.41, 5.74) is 0.690. The Morgan fingerprint density at radius 2 is 2.08 bits per heavy atom. The average molecular weight is 513 g/mol. The zero-order valence-electron chi connectivity index (χ0n) is 20.6. The second-order valence-electron chi connectivity index (χ2n) is 8.29. The van der Waals surface area contributed by atoms with Crippen LogP contribution in [0.3, 0.4) is 0 Å². The molecule has 0 bridgehead atoms. The van der Waals surface area contributed by atoms with E-state index in [1.807, 2.05) is 37.3 Å². The van der Waals surface area contributed by atoms with Crippen molar-refractivity contribution in [2.24, 2.45) is 0 Å². The first kappa shape index (κ1) is 27.1. The molecule has 2 heterocycles. The van der Waals surface area contributed by atoms with Crippen molar-refractivity contribution in [3.05, 3.63) is 71.3 Å². The lowest BCUT2D eigenvalue weighted by Gasteiger charge is -2.26. The first-order valence-corrected chi connectivity index (χ1v) is 12.9. The number of fused-ring (bicyclic) bond motifs is 1. The van der Waals surface area contributed by atoms with Crippen molar-refractivity contribution in [3.8, 4) is 11.5 Å². The Bertz CT molecular complexity index is 1160. The SMILES string of the molecule is C=C/C=C(\C)CSCC(=O)CNC(=O)C(CC)n1ccnc(NCC2COc3ccccc3O2)c1=O. The minimum Gasteiger partial charge on any atom is -0.486 e. The second-order valence-corrected chi connectivity index (χ2v) is 9.27. The van der Waals surface area contributed by atoms with E-state index in [-0.39, 0.29) is 24.2 Å². The van der Waals surface area contributed by atoms with Gasteiger partial charge in [-0.05, 0) is 25.5 Å². The molecule has 0 fully saturated rings. The monoisotopic (exact) mass is 512 g/mol.